The lowest BCUT2D eigenvalue weighted by molar-refractivity contribution is -0.217. The number of hydrogen-bond acceptors (Lipinski definition) is 5. The molecule has 1 aliphatic heterocycles. The molecule has 1 heterocycles. The van der Waals surface area contributed by atoms with Gasteiger partial charge in [0, 0.05) is 6.61 Å². The lowest BCUT2D eigenvalue weighted by atomic mass is 10.4. The molecular formula is C8H14N2O5. The number of amides is 2. The van der Waals surface area contributed by atoms with E-state index < -0.39 is 18.4 Å². The van der Waals surface area contributed by atoms with Crippen LogP contribution >= 0.6 is 0 Å². The van der Waals surface area contributed by atoms with Crippen molar-refractivity contribution in [2.75, 3.05) is 27.4 Å². The first kappa shape index (κ1) is 11.6. The van der Waals surface area contributed by atoms with Gasteiger partial charge in [-0.05, 0) is 6.92 Å². The van der Waals surface area contributed by atoms with Gasteiger partial charge < -0.3 is 14.2 Å². The van der Waals surface area contributed by atoms with Gasteiger partial charge in [-0.3, -0.25) is 0 Å². The van der Waals surface area contributed by atoms with Crippen LogP contribution in [-0.4, -0.2) is 55.8 Å². The molecule has 15 heavy (non-hydrogen) atoms. The van der Waals surface area contributed by atoms with Crippen molar-refractivity contribution in [2.45, 2.75) is 13.2 Å². The van der Waals surface area contributed by atoms with Gasteiger partial charge in [0.1, 0.15) is 0 Å². The van der Waals surface area contributed by atoms with Gasteiger partial charge in [-0.25, -0.2) is 14.6 Å². The van der Waals surface area contributed by atoms with E-state index in [4.69, 9.17) is 4.74 Å². The molecule has 0 aromatic heterocycles. The molecule has 0 saturated carbocycles. The number of hydrazine groups is 1. The zero-order valence-corrected chi connectivity index (χ0v) is 8.93. The van der Waals surface area contributed by atoms with E-state index in [0.717, 1.165) is 10.0 Å². The average molecular weight is 218 g/mol. The Morgan fingerprint density at radius 3 is 2.33 bits per heavy atom. The van der Waals surface area contributed by atoms with Crippen LogP contribution in [0.2, 0.25) is 0 Å². The Balaban J connectivity index is 2.63. The lowest BCUT2D eigenvalue weighted by Gasteiger charge is -2.47. The molecule has 1 rings (SSSR count). The molecule has 0 aliphatic carbocycles. The van der Waals surface area contributed by atoms with Crippen molar-refractivity contribution in [1.29, 1.82) is 0 Å². The van der Waals surface area contributed by atoms with Crippen molar-refractivity contribution in [3.05, 3.63) is 0 Å². The Labute approximate surface area is 87.4 Å². The van der Waals surface area contributed by atoms with Gasteiger partial charge in [0.15, 0.2) is 6.23 Å². The highest BCUT2D eigenvalue weighted by Gasteiger charge is 2.45. The number of methoxy groups -OCH3 is 2. The topological polar surface area (TPSA) is 68.3 Å². The van der Waals surface area contributed by atoms with E-state index in [1.807, 2.05) is 0 Å². The molecule has 0 N–H and O–H groups in total. The number of rotatable bonds is 2. The van der Waals surface area contributed by atoms with E-state index >= 15 is 0 Å². The smallest absolute Gasteiger partial charge is 0.431 e. The molecule has 0 bridgehead atoms. The van der Waals surface area contributed by atoms with Gasteiger partial charge in [0.05, 0.1) is 20.8 Å². The third kappa shape index (κ3) is 2.12. The summed E-state index contributed by atoms with van der Waals surface area (Å²) in [4.78, 5) is 22.5. The van der Waals surface area contributed by atoms with Gasteiger partial charge in [-0.1, -0.05) is 0 Å². The minimum atomic E-state index is -0.648. The van der Waals surface area contributed by atoms with E-state index in [-0.39, 0.29) is 6.54 Å². The normalized spacial score (nSPS) is 19.5. The molecule has 7 heteroatoms. The average Bonchev–Trinajstić information content (AvgIpc) is 2.22. The largest absolute Gasteiger partial charge is 0.452 e. The highest BCUT2D eigenvalue weighted by Crippen LogP contribution is 2.21. The van der Waals surface area contributed by atoms with Gasteiger partial charge >= 0.3 is 12.2 Å². The van der Waals surface area contributed by atoms with Gasteiger partial charge in [0.2, 0.25) is 0 Å². The Morgan fingerprint density at radius 2 is 1.87 bits per heavy atom. The summed E-state index contributed by atoms with van der Waals surface area (Å²) < 4.78 is 14.2. The predicted octanol–water partition coefficient (Wildman–Crippen LogP) is 0.414. The van der Waals surface area contributed by atoms with E-state index in [0.29, 0.717) is 6.61 Å². The summed E-state index contributed by atoms with van der Waals surface area (Å²) in [5.41, 5.74) is 0. The van der Waals surface area contributed by atoms with Crippen LogP contribution in [0.15, 0.2) is 0 Å². The van der Waals surface area contributed by atoms with Crippen molar-refractivity contribution >= 4 is 12.2 Å². The van der Waals surface area contributed by atoms with Crippen molar-refractivity contribution in [3.63, 3.8) is 0 Å². The second-order valence-electron chi connectivity index (χ2n) is 2.78. The molecule has 1 aliphatic rings. The van der Waals surface area contributed by atoms with Crippen LogP contribution in [0.3, 0.4) is 0 Å². The summed E-state index contributed by atoms with van der Waals surface area (Å²) >= 11 is 0. The fraction of sp³-hybridized carbons (Fsp3) is 0.750. The first-order chi connectivity index (χ1) is 7.15. The van der Waals surface area contributed by atoms with Crippen molar-refractivity contribution < 1.29 is 23.8 Å². The maximum absolute atomic E-state index is 11.3. The minimum absolute atomic E-state index is 0.287. The number of hydrogen-bond donors (Lipinski definition) is 0. The van der Waals surface area contributed by atoms with Crippen LogP contribution in [0.4, 0.5) is 9.59 Å². The highest BCUT2D eigenvalue weighted by atomic mass is 16.6. The zero-order valence-electron chi connectivity index (χ0n) is 8.93. The molecule has 7 nitrogen and oxygen atoms in total. The van der Waals surface area contributed by atoms with Crippen LogP contribution in [-0.2, 0) is 14.2 Å². The third-order valence-corrected chi connectivity index (χ3v) is 1.97. The molecule has 0 aromatic rings. The van der Waals surface area contributed by atoms with Gasteiger partial charge in [-0.15, -0.1) is 0 Å². The summed E-state index contributed by atoms with van der Waals surface area (Å²) in [5, 5.41) is 2.20. The van der Waals surface area contributed by atoms with Crippen LogP contribution < -0.4 is 0 Å². The Hall–Kier alpha value is -1.50. The van der Waals surface area contributed by atoms with E-state index in [1.165, 1.54) is 14.2 Å². The predicted molar refractivity (Wildman–Crippen MR) is 48.8 cm³/mol. The van der Waals surface area contributed by atoms with E-state index in [9.17, 15) is 9.59 Å². The third-order valence-electron chi connectivity index (χ3n) is 1.97. The summed E-state index contributed by atoms with van der Waals surface area (Å²) in [5.74, 6) is 0. The Morgan fingerprint density at radius 1 is 1.27 bits per heavy atom. The minimum Gasteiger partial charge on any atom is -0.452 e. The summed E-state index contributed by atoms with van der Waals surface area (Å²) in [6.07, 6.45) is -1.72. The number of carbonyl (C=O) groups excluding carboxylic acids is 2. The second-order valence-corrected chi connectivity index (χ2v) is 2.78. The Bertz CT molecular complexity index is 257. The van der Waals surface area contributed by atoms with Gasteiger partial charge in [0.25, 0.3) is 0 Å². The number of ether oxygens (including phenoxy) is 3. The molecule has 2 amide bonds. The molecule has 1 saturated heterocycles. The second kappa shape index (κ2) is 4.83. The summed E-state index contributed by atoms with van der Waals surface area (Å²) in [6, 6.07) is 0. The first-order valence-electron chi connectivity index (χ1n) is 4.49. The highest BCUT2D eigenvalue weighted by molar-refractivity contribution is 5.76. The quantitative estimate of drug-likeness (QED) is 0.671. The van der Waals surface area contributed by atoms with Crippen LogP contribution in [0.25, 0.3) is 0 Å². The van der Waals surface area contributed by atoms with E-state index in [2.05, 4.69) is 9.47 Å². The fourth-order valence-corrected chi connectivity index (χ4v) is 1.27. The monoisotopic (exact) mass is 218 g/mol. The lowest BCUT2D eigenvalue weighted by Crippen LogP contribution is -2.69. The molecule has 0 aromatic carbocycles. The first-order valence-corrected chi connectivity index (χ1v) is 4.49. The van der Waals surface area contributed by atoms with Crippen LogP contribution in [0.5, 0.6) is 0 Å². The summed E-state index contributed by atoms with van der Waals surface area (Å²) in [7, 11) is 2.48. The van der Waals surface area contributed by atoms with Crippen molar-refractivity contribution in [2.24, 2.45) is 0 Å². The maximum atomic E-state index is 11.3. The molecular weight excluding hydrogens is 204 g/mol. The number of nitrogens with zero attached hydrogens (tertiary/aromatic N) is 2. The maximum Gasteiger partial charge on any atom is 0.431 e. The summed E-state index contributed by atoms with van der Waals surface area (Å²) in [6.45, 7) is 2.54. The molecule has 1 atom stereocenters. The molecule has 86 valence electrons. The molecule has 0 unspecified atom stereocenters. The SMILES string of the molecule is CCO[C@@H]1CN(C(=O)OC)N1C(=O)OC. The van der Waals surface area contributed by atoms with Crippen molar-refractivity contribution in [3.8, 4) is 0 Å². The van der Waals surface area contributed by atoms with Crippen LogP contribution in [0, 0.1) is 0 Å². The van der Waals surface area contributed by atoms with Gasteiger partial charge in [-0.2, -0.15) is 5.01 Å². The zero-order chi connectivity index (χ0) is 11.4. The molecule has 0 spiro atoms. The standard InChI is InChI=1S/C8H14N2O5/c1-4-15-6-5-9(7(11)13-2)10(6)8(12)14-3/h6H,4-5H2,1-3H3/t6-/m1/s1. The van der Waals surface area contributed by atoms with E-state index in [1.54, 1.807) is 6.92 Å². The van der Waals surface area contributed by atoms with Crippen molar-refractivity contribution in [1.82, 2.24) is 10.0 Å². The Kier molecular flexibility index (Phi) is 3.73. The molecule has 0 radical (unpaired) electrons. The number of carbonyl (C=O) groups is 2. The van der Waals surface area contributed by atoms with Crippen LogP contribution in [0.1, 0.15) is 6.92 Å². The fourth-order valence-electron chi connectivity index (χ4n) is 1.27. The molecule has 1 fully saturated rings.